The third-order valence-electron chi connectivity index (χ3n) is 4.35. The Morgan fingerprint density at radius 3 is 2.67 bits per heavy atom. The van der Waals surface area contributed by atoms with Gasteiger partial charge in [0.25, 0.3) is 0 Å². The molecule has 1 fully saturated rings. The molecule has 1 aliphatic rings. The maximum Gasteiger partial charge on any atom is 0.227 e. The number of anilines is 1. The van der Waals surface area contributed by atoms with Crippen molar-refractivity contribution in [2.24, 2.45) is 5.92 Å². The minimum Gasteiger partial charge on any atom is -0.352 e. The zero-order chi connectivity index (χ0) is 17.1. The number of carbonyl (C=O) groups is 2. The monoisotopic (exact) mass is 386 g/mol. The molecule has 0 spiro atoms. The molecule has 0 aromatic heterocycles. The summed E-state index contributed by atoms with van der Waals surface area (Å²) in [6, 6.07) is 15.5. The second kappa shape index (κ2) is 7.18. The summed E-state index contributed by atoms with van der Waals surface area (Å²) in [5, 5.41) is 2.96. The summed E-state index contributed by atoms with van der Waals surface area (Å²) in [5.41, 5.74) is 3.06. The molecule has 1 unspecified atom stereocenters. The first kappa shape index (κ1) is 16.7. The number of para-hydroxylation sites is 1. The van der Waals surface area contributed by atoms with Crippen LogP contribution >= 0.6 is 15.9 Å². The van der Waals surface area contributed by atoms with E-state index in [4.69, 9.17) is 0 Å². The Labute approximate surface area is 150 Å². The SMILES string of the molecule is Cc1ccccc1CNC(=O)C1CC(=O)N(c2ccccc2Br)C1. The smallest absolute Gasteiger partial charge is 0.227 e. The Hall–Kier alpha value is -2.14. The van der Waals surface area contributed by atoms with Gasteiger partial charge in [0.2, 0.25) is 11.8 Å². The lowest BCUT2D eigenvalue weighted by Crippen LogP contribution is -2.32. The molecule has 1 atom stereocenters. The van der Waals surface area contributed by atoms with Gasteiger partial charge in [0.05, 0.1) is 11.6 Å². The van der Waals surface area contributed by atoms with Crippen molar-refractivity contribution in [1.82, 2.24) is 5.32 Å². The van der Waals surface area contributed by atoms with Crippen LogP contribution in [0.4, 0.5) is 5.69 Å². The van der Waals surface area contributed by atoms with Crippen LogP contribution < -0.4 is 10.2 Å². The second-order valence-corrected chi connectivity index (χ2v) is 6.86. The second-order valence-electron chi connectivity index (χ2n) is 6.00. The summed E-state index contributed by atoms with van der Waals surface area (Å²) in [6.45, 7) is 2.93. The highest BCUT2D eigenvalue weighted by Crippen LogP contribution is 2.31. The number of carbonyl (C=O) groups excluding carboxylic acids is 2. The molecule has 1 aliphatic heterocycles. The summed E-state index contributed by atoms with van der Waals surface area (Å²) in [5.74, 6) is -0.396. The zero-order valence-electron chi connectivity index (χ0n) is 13.5. The molecule has 2 amide bonds. The summed E-state index contributed by atoms with van der Waals surface area (Å²) in [4.78, 5) is 26.4. The van der Waals surface area contributed by atoms with Gasteiger partial charge in [-0.3, -0.25) is 9.59 Å². The molecular formula is C19H19BrN2O2. The van der Waals surface area contributed by atoms with Crippen molar-refractivity contribution < 1.29 is 9.59 Å². The zero-order valence-corrected chi connectivity index (χ0v) is 15.0. The number of halogens is 1. The van der Waals surface area contributed by atoms with Crippen LogP contribution in [-0.2, 0) is 16.1 Å². The molecule has 5 heteroatoms. The minimum absolute atomic E-state index is 0.0158. The van der Waals surface area contributed by atoms with E-state index in [1.54, 1.807) is 4.90 Å². The number of aryl methyl sites for hydroxylation is 1. The van der Waals surface area contributed by atoms with Crippen molar-refractivity contribution in [3.05, 3.63) is 64.1 Å². The van der Waals surface area contributed by atoms with Crippen LogP contribution in [0.15, 0.2) is 53.0 Å². The molecule has 4 nitrogen and oxygen atoms in total. The highest BCUT2D eigenvalue weighted by molar-refractivity contribution is 9.10. The van der Waals surface area contributed by atoms with Gasteiger partial charge in [-0.1, -0.05) is 36.4 Å². The van der Waals surface area contributed by atoms with E-state index in [1.165, 1.54) is 0 Å². The van der Waals surface area contributed by atoms with Crippen LogP contribution in [0, 0.1) is 12.8 Å². The summed E-state index contributed by atoms with van der Waals surface area (Å²) in [6.07, 6.45) is 0.251. The van der Waals surface area contributed by atoms with Crippen LogP contribution in [0.3, 0.4) is 0 Å². The van der Waals surface area contributed by atoms with Crippen molar-refractivity contribution in [1.29, 1.82) is 0 Å². The minimum atomic E-state index is -0.311. The normalized spacial score (nSPS) is 17.2. The average Bonchev–Trinajstić information content (AvgIpc) is 2.96. The first-order valence-electron chi connectivity index (χ1n) is 7.93. The lowest BCUT2D eigenvalue weighted by molar-refractivity contribution is -0.126. The van der Waals surface area contributed by atoms with Crippen molar-refractivity contribution >= 4 is 33.4 Å². The van der Waals surface area contributed by atoms with Crippen molar-refractivity contribution in [3.8, 4) is 0 Å². The predicted molar refractivity (Wildman–Crippen MR) is 97.6 cm³/mol. The van der Waals surface area contributed by atoms with Crippen molar-refractivity contribution in [2.45, 2.75) is 19.9 Å². The summed E-state index contributed by atoms with van der Waals surface area (Å²) >= 11 is 3.47. The lowest BCUT2D eigenvalue weighted by Gasteiger charge is -2.18. The number of rotatable bonds is 4. The van der Waals surface area contributed by atoms with Gasteiger partial charge in [0, 0.05) is 24.0 Å². The first-order valence-corrected chi connectivity index (χ1v) is 8.72. The largest absolute Gasteiger partial charge is 0.352 e. The molecule has 0 bridgehead atoms. The number of amides is 2. The van der Waals surface area contributed by atoms with Gasteiger partial charge in [0.1, 0.15) is 0 Å². The Morgan fingerprint density at radius 1 is 1.21 bits per heavy atom. The van der Waals surface area contributed by atoms with E-state index >= 15 is 0 Å². The van der Waals surface area contributed by atoms with Gasteiger partial charge >= 0.3 is 0 Å². The van der Waals surface area contributed by atoms with Crippen LogP contribution in [0.25, 0.3) is 0 Å². The van der Waals surface area contributed by atoms with E-state index in [1.807, 2.05) is 55.5 Å². The van der Waals surface area contributed by atoms with Crippen molar-refractivity contribution in [2.75, 3.05) is 11.4 Å². The fourth-order valence-electron chi connectivity index (χ4n) is 2.92. The van der Waals surface area contributed by atoms with E-state index in [2.05, 4.69) is 21.2 Å². The Kier molecular flexibility index (Phi) is 5.00. The maximum absolute atomic E-state index is 12.4. The van der Waals surface area contributed by atoms with E-state index in [-0.39, 0.29) is 24.2 Å². The van der Waals surface area contributed by atoms with Crippen LogP contribution in [0.1, 0.15) is 17.5 Å². The summed E-state index contributed by atoms with van der Waals surface area (Å²) in [7, 11) is 0. The van der Waals surface area contributed by atoms with Crippen LogP contribution in [0.5, 0.6) is 0 Å². The molecular weight excluding hydrogens is 368 g/mol. The molecule has 2 aromatic carbocycles. The molecule has 1 saturated heterocycles. The molecule has 124 valence electrons. The number of hydrogen-bond donors (Lipinski definition) is 1. The van der Waals surface area contributed by atoms with E-state index < -0.39 is 0 Å². The molecule has 1 heterocycles. The molecule has 0 saturated carbocycles. The fourth-order valence-corrected chi connectivity index (χ4v) is 3.42. The maximum atomic E-state index is 12.4. The molecule has 3 rings (SSSR count). The standard InChI is InChI=1S/C19H19BrN2O2/c1-13-6-2-3-7-14(13)11-21-19(24)15-10-18(23)22(12-15)17-9-5-4-8-16(17)20/h2-9,15H,10-12H2,1H3,(H,21,24). The molecule has 0 aliphatic carbocycles. The Bertz CT molecular complexity index is 775. The third kappa shape index (κ3) is 3.51. The number of hydrogen-bond acceptors (Lipinski definition) is 2. The molecule has 1 N–H and O–H groups in total. The fraction of sp³-hybridized carbons (Fsp3) is 0.263. The third-order valence-corrected chi connectivity index (χ3v) is 5.02. The lowest BCUT2D eigenvalue weighted by atomic mass is 10.1. The Balaban J connectivity index is 1.64. The van der Waals surface area contributed by atoms with Gasteiger partial charge in [0.15, 0.2) is 0 Å². The first-order chi connectivity index (χ1) is 11.6. The molecule has 24 heavy (non-hydrogen) atoms. The van der Waals surface area contributed by atoms with Crippen molar-refractivity contribution in [3.63, 3.8) is 0 Å². The van der Waals surface area contributed by atoms with Crippen LogP contribution in [0.2, 0.25) is 0 Å². The van der Waals surface area contributed by atoms with Gasteiger partial charge in [-0.15, -0.1) is 0 Å². The van der Waals surface area contributed by atoms with E-state index in [0.29, 0.717) is 13.1 Å². The topological polar surface area (TPSA) is 49.4 Å². The van der Waals surface area contributed by atoms with Gasteiger partial charge in [-0.2, -0.15) is 0 Å². The highest BCUT2D eigenvalue weighted by Gasteiger charge is 2.35. The van der Waals surface area contributed by atoms with E-state index in [9.17, 15) is 9.59 Å². The number of nitrogens with one attached hydrogen (secondary N) is 1. The molecule has 0 radical (unpaired) electrons. The number of nitrogens with zero attached hydrogens (tertiary/aromatic N) is 1. The van der Waals surface area contributed by atoms with E-state index in [0.717, 1.165) is 21.3 Å². The highest BCUT2D eigenvalue weighted by atomic mass is 79.9. The predicted octanol–water partition coefficient (Wildman–Crippen LogP) is 3.43. The quantitative estimate of drug-likeness (QED) is 0.874. The summed E-state index contributed by atoms with van der Waals surface area (Å²) < 4.78 is 0.860. The Morgan fingerprint density at radius 2 is 1.92 bits per heavy atom. The average molecular weight is 387 g/mol. The van der Waals surface area contributed by atoms with Crippen LogP contribution in [-0.4, -0.2) is 18.4 Å². The van der Waals surface area contributed by atoms with Gasteiger partial charge < -0.3 is 10.2 Å². The van der Waals surface area contributed by atoms with Gasteiger partial charge in [-0.25, -0.2) is 0 Å². The number of benzene rings is 2. The molecule has 2 aromatic rings. The van der Waals surface area contributed by atoms with Gasteiger partial charge in [-0.05, 0) is 46.1 Å².